The van der Waals surface area contributed by atoms with Crippen LogP contribution in [0.1, 0.15) is 43.5 Å². The quantitative estimate of drug-likeness (QED) is 0.913. The van der Waals surface area contributed by atoms with Crippen molar-refractivity contribution in [2.24, 2.45) is 17.8 Å². The summed E-state index contributed by atoms with van der Waals surface area (Å²) in [5.74, 6) is 1.57. The topological polar surface area (TPSA) is 55.4 Å². The first-order chi connectivity index (χ1) is 10.5. The predicted molar refractivity (Wildman–Crippen MR) is 81.7 cm³/mol. The van der Waals surface area contributed by atoms with Gasteiger partial charge >= 0.3 is 0 Å². The molecule has 4 nitrogen and oxygen atoms in total. The largest absolute Gasteiger partial charge is 0.486 e. The second-order valence-corrected chi connectivity index (χ2v) is 7.18. The van der Waals surface area contributed by atoms with E-state index in [0.717, 1.165) is 12.8 Å². The van der Waals surface area contributed by atoms with Crippen LogP contribution < -0.4 is 10.1 Å². The van der Waals surface area contributed by atoms with Gasteiger partial charge in [0.15, 0.2) is 5.78 Å². The van der Waals surface area contributed by atoms with Crippen LogP contribution in [0.25, 0.3) is 0 Å². The van der Waals surface area contributed by atoms with Gasteiger partial charge in [0.2, 0.25) is 5.91 Å². The van der Waals surface area contributed by atoms with Crippen molar-refractivity contribution in [3.63, 3.8) is 0 Å². The second-order valence-electron chi connectivity index (χ2n) is 7.18. The van der Waals surface area contributed by atoms with Crippen molar-refractivity contribution < 1.29 is 14.3 Å². The Morgan fingerprint density at radius 1 is 1.36 bits per heavy atom. The molecule has 2 aliphatic carbocycles. The Balaban J connectivity index is 1.59. The third-order valence-corrected chi connectivity index (χ3v) is 5.37. The van der Waals surface area contributed by atoms with Gasteiger partial charge in [-0.05, 0) is 44.7 Å². The van der Waals surface area contributed by atoms with Crippen LogP contribution in [0.4, 0.5) is 0 Å². The summed E-state index contributed by atoms with van der Waals surface area (Å²) >= 11 is 0. The van der Waals surface area contributed by atoms with Crippen molar-refractivity contribution in [1.82, 2.24) is 5.32 Å². The number of benzene rings is 1. The van der Waals surface area contributed by atoms with E-state index in [1.165, 1.54) is 0 Å². The van der Waals surface area contributed by atoms with Crippen LogP contribution >= 0.6 is 0 Å². The molecule has 116 valence electrons. The van der Waals surface area contributed by atoms with Gasteiger partial charge in [0.05, 0.1) is 12.0 Å². The highest BCUT2D eigenvalue weighted by molar-refractivity contribution is 6.00. The maximum atomic E-state index is 12.5. The molecule has 0 aromatic heterocycles. The molecule has 1 aromatic rings. The maximum Gasteiger partial charge on any atom is 0.224 e. The van der Waals surface area contributed by atoms with Gasteiger partial charge in [0.25, 0.3) is 0 Å². The minimum absolute atomic E-state index is 0.0224. The molecule has 1 aromatic carbocycles. The zero-order chi connectivity index (χ0) is 15.5. The Hall–Kier alpha value is -1.84. The van der Waals surface area contributed by atoms with E-state index < -0.39 is 5.60 Å². The number of fused-ring (bicyclic) bond motifs is 3. The van der Waals surface area contributed by atoms with E-state index in [1.807, 2.05) is 38.1 Å². The van der Waals surface area contributed by atoms with Gasteiger partial charge in [-0.3, -0.25) is 9.59 Å². The zero-order valence-corrected chi connectivity index (χ0v) is 13.0. The molecular weight excluding hydrogens is 278 g/mol. The number of rotatable bonds is 2. The van der Waals surface area contributed by atoms with Gasteiger partial charge < -0.3 is 10.1 Å². The van der Waals surface area contributed by atoms with Gasteiger partial charge in [-0.15, -0.1) is 0 Å². The Morgan fingerprint density at radius 2 is 2.14 bits per heavy atom. The number of Topliss-reactive ketones (excluding diaryl/α,β-unsaturated/α-hetero) is 1. The molecular formula is C18H21NO3. The third-order valence-electron chi connectivity index (χ3n) is 5.37. The molecule has 1 amide bonds. The normalized spacial score (nSPS) is 35.0. The molecule has 2 fully saturated rings. The Kier molecular flexibility index (Phi) is 2.87. The van der Waals surface area contributed by atoms with E-state index in [0.29, 0.717) is 23.7 Å². The fourth-order valence-electron chi connectivity index (χ4n) is 4.50. The van der Waals surface area contributed by atoms with E-state index in [9.17, 15) is 9.59 Å². The molecule has 4 atom stereocenters. The number of amides is 1. The molecule has 3 aliphatic rings. The minimum Gasteiger partial charge on any atom is -0.486 e. The van der Waals surface area contributed by atoms with Crippen LogP contribution in [0, 0.1) is 17.8 Å². The lowest BCUT2D eigenvalue weighted by atomic mass is 9.84. The highest BCUT2D eigenvalue weighted by Gasteiger charge is 2.70. The smallest absolute Gasteiger partial charge is 0.224 e. The van der Waals surface area contributed by atoms with Crippen LogP contribution in [-0.4, -0.2) is 23.3 Å². The number of ether oxygens (including phenoxy) is 1. The number of nitrogens with one attached hydrogen (secondary N) is 1. The number of hydrogen-bond donors (Lipinski definition) is 1. The van der Waals surface area contributed by atoms with Crippen LogP contribution in [0.15, 0.2) is 24.3 Å². The van der Waals surface area contributed by atoms with Crippen LogP contribution in [0.2, 0.25) is 0 Å². The molecule has 22 heavy (non-hydrogen) atoms. The fourth-order valence-corrected chi connectivity index (χ4v) is 4.50. The fraction of sp³-hybridized carbons (Fsp3) is 0.556. The number of carbonyl (C=O) groups is 2. The van der Waals surface area contributed by atoms with Crippen LogP contribution in [-0.2, 0) is 4.79 Å². The van der Waals surface area contributed by atoms with Crippen molar-refractivity contribution in [2.75, 3.05) is 0 Å². The molecule has 4 rings (SSSR count). The van der Waals surface area contributed by atoms with E-state index >= 15 is 0 Å². The third kappa shape index (κ3) is 1.89. The maximum absolute atomic E-state index is 12.5. The summed E-state index contributed by atoms with van der Waals surface area (Å²) < 4.78 is 6.29. The molecule has 1 N–H and O–H groups in total. The average molecular weight is 299 g/mol. The highest BCUT2D eigenvalue weighted by Crippen LogP contribution is 2.65. The average Bonchev–Trinajstić information content (AvgIpc) is 3.11. The van der Waals surface area contributed by atoms with Crippen molar-refractivity contribution in [2.45, 2.75) is 44.8 Å². The van der Waals surface area contributed by atoms with Gasteiger partial charge in [0, 0.05) is 17.9 Å². The molecule has 0 radical (unpaired) electrons. The first-order valence-corrected chi connectivity index (χ1v) is 8.13. The Labute approximate surface area is 130 Å². The number of ketones is 1. The minimum atomic E-state index is -0.449. The Morgan fingerprint density at radius 3 is 2.91 bits per heavy atom. The zero-order valence-electron chi connectivity index (χ0n) is 13.0. The molecule has 4 heteroatoms. The van der Waals surface area contributed by atoms with Crippen LogP contribution in [0.5, 0.6) is 5.75 Å². The molecule has 1 spiro atoms. The lowest BCUT2D eigenvalue weighted by molar-refractivity contribution is -0.124. The van der Waals surface area contributed by atoms with E-state index in [1.54, 1.807) is 0 Å². The molecule has 0 saturated heterocycles. The standard InChI is InChI=1S/C18H21NO3/c1-10(2)19-17(21)15-12-7-8-18(16(12)15)9-13(20)11-5-3-4-6-14(11)22-18/h3-6,10,12,15-16H,7-9H2,1-2H3,(H,19,21)/t12-,15+,16+,18-/m0/s1. The summed E-state index contributed by atoms with van der Waals surface area (Å²) in [6.07, 6.45) is 2.28. The van der Waals surface area contributed by atoms with Gasteiger partial charge in [-0.25, -0.2) is 0 Å². The highest BCUT2D eigenvalue weighted by atomic mass is 16.5. The molecule has 2 saturated carbocycles. The summed E-state index contributed by atoms with van der Waals surface area (Å²) in [6.45, 7) is 3.95. The van der Waals surface area contributed by atoms with Crippen molar-refractivity contribution >= 4 is 11.7 Å². The molecule has 0 unspecified atom stereocenters. The molecule has 0 bridgehead atoms. The van der Waals surface area contributed by atoms with Gasteiger partial charge in [-0.1, -0.05) is 12.1 Å². The predicted octanol–water partition coefficient (Wildman–Crippen LogP) is 2.57. The van der Waals surface area contributed by atoms with Crippen molar-refractivity contribution in [3.8, 4) is 5.75 Å². The van der Waals surface area contributed by atoms with Crippen LogP contribution in [0.3, 0.4) is 0 Å². The van der Waals surface area contributed by atoms with E-state index in [4.69, 9.17) is 4.74 Å². The molecule has 1 aliphatic heterocycles. The summed E-state index contributed by atoms with van der Waals surface area (Å²) in [5.41, 5.74) is 0.232. The molecule has 1 heterocycles. The van der Waals surface area contributed by atoms with E-state index in [-0.39, 0.29) is 29.6 Å². The Bertz CT molecular complexity index is 653. The monoisotopic (exact) mass is 299 g/mol. The summed E-state index contributed by atoms with van der Waals surface area (Å²) in [6, 6.07) is 7.61. The SMILES string of the molecule is CC(C)NC(=O)[C@@H]1[C@@H]2CC[C@]3(CC(=O)c4ccccc4O3)[C@H]21. The number of carbonyl (C=O) groups excluding carboxylic acids is 2. The van der Waals surface area contributed by atoms with Gasteiger partial charge in [-0.2, -0.15) is 0 Å². The summed E-state index contributed by atoms with van der Waals surface area (Å²) in [4.78, 5) is 24.8. The lowest BCUT2D eigenvalue weighted by Crippen LogP contribution is -2.45. The second kappa shape index (κ2) is 4.58. The van der Waals surface area contributed by atoms with Gasteiger partial charge in [0.1, 0.15) is 11.4 Å². The first-order valence-electron chi connectivity index (χ1n) is 8.13. The number of hydrogen-bond acceptors (Lipinski definition) is 3. The lowest BCUT2D eigenvalue weighted by Gasteiger charge is -2.37. The number of para-hydroxylation sites is 1. The first kappa shape index (κ1) is 13.8. The van der Waals surface area contributed by atoms with Crippen molar-refractivity contribution in [3.05, 3.63) is 29.8 Å². The van der Waals surface area contributed by atoms with E-state index in [2.05, 4.69) is 5.32 Å². The summed E-state index contributed by atoms with van der Waals surface area (Å²) in [5, 5.41) is 3.01. The van der Waals surface area contributed by atoms with Crippen molar-refractivity contribution in [1.29, 1.82) is 0 Å². The summed E-state index contributed by atoms with van der Waals surface area (Å²) in [7, 11) is 0.